The van der Waals surface area contributed by atoms with Gasteiger partial charge in [0.05, 0.1) is 12.5 Å². The van der Waals surface area contributed by atoms with Gasteiger partial charge < -0.3 is 29.9 Å². The van der Waals surface area contributed by atoms with Crippen LogP contribution in [-0.4, -0.2) is 98.8 Å². The number of halogens is 3. The summed E-state index contributed by atoms with van der Waals surface area (Å²) in [5.74, 6) is -4.05. The number of piperidine rings is 1. The summed E-state index contributed by atoms with van der Waals surface area (Å²) in [6.45, 7) is 2.01. The predicted octanol–water partition coefficient (Wildman–Crippen LogP) is 3.14. The molecule has 4 aliphatic heterocycles. The van der Waals surface area contributed by atoms with Crippen molar-refractivity contribution in [1.29, 1.82) is 0 Å². The van der Waals surface area contributed by atoms with Gasteiger partial charge in [-0.05, 0) is 62.4 Å². The molecule has 7 atom stereocenters. The lowest BCUT2D eigenvalue weighted by Gasteiger charge is -2.58. The van der Waals surface area contributed by atoms with Gasteiger partial charge in [0.2, 0.25) is 11.8 Å². The van der Waals surface area contributed by atoms with Crippen molar-refractivity contribution in [1.82, 2.24) is 25.0 Å². The molecular weight excluding hydrogens is 627 g/mol. The number of nitrogens with zero attached hydrogens (tertiary/aromatic N) is 3. The maximum atomic E-state index is 14.5. The molecule has 8 rings (SSSR count). The minimum absolute atomic E-state index is 0.170. The van der Waals surface area contributed by atoms with E-state index in [0.717, 1.165) is 16.0 Å². The number of H-pyrrole nitrogens is 1. The zero-order valence-electron chi connectivity index (χ0n) is 26.7. The third kappa shape index (κ3) is 4.61. The molecule has 4 unspecified atom stereocenters. The molecule has 5 aliphatic rings. The normalized spacial score (nSPS) is 33.4. The molecule has 4 saturated heterocycles. The Kier molecular flexibility index (Phi) is 7.04. The largest absolute Gasteiger partial charge is 0.431 e. The number of ether oxygens (including phenoxy) is 1. The number of carbonyl (C=O) groups excluding carboxylic acids is 3. The topological polar surface area (TPSA) is 118 Å². The Balaban J connectivity index is 1.07. The van der Waals surface area contributed by atoms with Crippen molar-refractivity contribution in [2.24, 2.45) is 5.92 Å². The van der Waals surface area contributed by atoms with Gasteiger partial charge in [0, 0.05) is 42.4 Å². The van der Waals surface area contributed by atoms with Gasteiger partial charge in [0.15, 0.2) is 0 Å². The molecule has 0 spiro atoms. The highest BCUT2D eigenvalue weighted by atomic mass is 19.4. The maximum absolute atomic E-state index is 14.5. The first-order chi connectivity index (χ1) is 22.8. The van der Waals surface area contributed by atoms with Gasteiger partial charge in [0.1, 0.15) is 23.3 Å². The molecule has 1 aromatic heterocycles. The van der Waals surface area contributed by atoms with Crippen molar-refractivity contribution in [3.63, 3.8) is 0 Å². The number of aromatic amines is 1. The van der Waals surface area contributed by atoms with Crippen LogP contribution in [0.4, 0.5) is 13.2 Å². The Hall–Kier alpha value is -3.94. The van der Waals surface area contributed by atoms with Gasteiger partial charge in [-0.15, -0.1) is 0 Å². The Morgan fingerprint density at radius 3 is 2.67 bits per heavy atom. The minimum Gasteiger partial charge on any atom is -0.351 e. The molecule has 254 valence electrons. The molecule has 2 aromatic carbocycles. The smallest absolute Gasteiger partial charge is 0.351 e. The van der Waals surface area contributed by atoms with E-state index in [1.807, 2.05) is 48.3 Å². The number of amides is 3. The lowest BCUT2D eigenvalue weighted by atomic mass is 9.71. The Morgan fingerprint density at radius 1 is 1.15 bits per heavy atom. The number of aromatic nitrogens is 1. The number of aliphatic hydroxyl groups is 1. The van der Waals surface area contributed by atoms with Gasteiger partial charge in [-0.1, -0.05) is 42.5 Å². The molecular formula is C35H38F3N5O5. The third-order valence-electron chi connectivity index (χ3n) is 11.4. The molecule has 48 heavy (non-hydrogen) atoms. The second kappa shape index (κ2) is 10.8. The van der Waals surface area contributed by atoms with Gasteiger partial charge in [-0.25, -0.2) is 0 Å². The van der Waals surface area contributed by atoms with Crippen molar-refractivity contribution in [2.75, 3.05) is 26.7 Å². The number of hydrogen-bond donors (Lipinski definition) is 3. The van der Waals surface area contributed by atoms with Crippen molar-refractivity contribution < 1.29 is 37.4 Å². The van der Waals surface area contributed by atoms with Crippen molar-refractivity contribution in [3.8, 4) is 0 Å². The van der Waals surface area contributed by atoms with E-state index in [4.69, 9.17) is 4.74 Å². The third-order valence-corrected chi connectivity index (χ3v) is 11.4. The van der Waals surface area contributed by atoms with Crippen LogP contribution < -0.4 is 5.32 Å². The number of alkyl halides is 3. The molecule has 3 amide bonds. The van der Waals surface area contributed by atoms with Crippen LogP contribution in [0.2, 0.25) is 0 Å². The number of hydrogen-bond acceptors (Lipinski definition) is 6. The van der Waals surface area contributed by atoms with Crippen LogP contribution in [0, 0.1) is 5.92 Å². The highest BCUT2D eigenvalue weighted by molar-refractivity contribution is 5.97. The minimum atomic E-state index is -4.51. The van der Waals surface area contributed by atoms with Crippen LogP contribution >= 0.6 is 0 Å². The molecule has 13 heteroatoms. The van der Waals surface area contributed by atoms with E-state index in [2.05, 4.69) is 10.3 Å². The zero-order valence-corrected chi connectivity index (χ0v) is 26.7. The second-order valence-corrected chi connectivity index (χ2v) is 14.3. The molecule has 3 N–H and O–H groups in total. The van der Waals surface area contributed by atoms with Crippen molar-refractivity contribution in [2.45, 2.75) is 80.7 Å². The summed E-state index contributed by atoms with van der Waals surface area (Å²) in [4.78, 5) is 49.7. The first-order valence-corrected chi connectivity index (χ1v) is 16.6. The van der Waals surface area contributed by atoms with E-state index in [0.29, 0.717) is 36.7 Å². The van der Waals surface area contributed by atoms with Crippen LogP contribution in [0.15, 0.2) is 48.5 Å². The maximum Gasteiger partial charge on any atom is 0.431 e. The number of fused-ring (bicyclic) bond motifs is 5. The highest BCUT2D eigenvalue weighted by Crippen LogP contribution is 2.48. The number of piperazine rings is 1. The van der Waals surface area contributed by atoms with E-state index in [1.54, 1.807) is 24.0 Å². The summed E-state index contributed by atoms with van der Waals surface area (Å²) in [7, 11) is 1.82. The first kappa shape index (κ1) is 31.3. The van der Waals surface area contributed by atoms with Gasteiger partial charge in [0.25, 0.3) is 11.8 Å². The average molecular weight is 666 g/mol. The van der Waals surface area contributed by atoms with Gasteiger partial charge in [-0.3, -0.25) is 19.3 Å². The van der Waals surface area contributed by atoms with Crippen LogP contribution in [0.1, 0.15) is 54.5 Å². The van der Waals surface area contributed by atoms with Crippen LogP contribution in [0.25, 0.3) is 10.9 Å². The number of likely N-dealkylation sites (N-methyl/N-ethyl adjacent to an activating group) is 1. The molecule has 5 heterocycles. The Morgan fingerprint density at radius 2 is 1.92 bits per heavy atom. The van der Waals surface area contributed by atoms with Gasteiger partial charge >= 0.3 is 6.18 Å². The molecule has 10 nitrogen and oxygen atoms in total. The zero-order chi connectivity index (χ0) is 33.7. The fraction of sp³-hybridized carbons (Fsp3) is 0.514. The van der Waals surface area contributed by atoms with E-state index in [1.165, 1.54) is 0 Å². The van der Waals surface area contributed by atoms with Crippen molar-refractivity contribution >= 4 is 28.6 Å². The number of carbonyl (C=O) groups is 3. The summed E-state index contributed by atoms with van der Waals surface area (Å²) >= 11 is 0. The van der Waals surface area contributed by atoms with Gasteiger partial charge in [-0.2, -0.15) is 13.2 Å². The summed E-state index contributed by atoms with van der Waals surface area (Å²) in [6.07, 6.45) is -2.61. The van der Waals surface area contributed by atoms with Crippen LogP contribution in [0.5, 0.6) is 0 Å². The van der Waals surface area contributed by atoms with Crippen LogP contribution in [0.3, 0.4) is 0 Å². The standard InChI is InChI=1S/C35H38F3N5O5/c1-33(18-48-35(47)27-12-7-13-42(27)31(45)26(43(35)32(33)46)14-19-8-4-3-5-9-19)40-30(44)20-15-22-21-10-6-11-24-28(21)23(16-25(22)41(2)17-20)29(39-24)34(36,37)38/h3-6,8-11,20,22,25-27,39,47H,7,12-18H2,1-2H3,(H,40,44)/t20?,22-,25?,26?,27+,33?,35+/m1/s1. The summed E-state index contributed by atoms with van der Waals surface area (Å²) in [5.41, 5.74) is -0.0140. The Bertz CT molecular complexity index is 1810. The molecule has 0 radical (unpaired) electrons. The first-order valence-electron chi connectivity index (χ1n) is 16.6. The Labute approximate surface area is 275 Å². The predicted molar refractivity (Wildman–Crippen MR) is 167 cm³/mol. The van der Waals surface area contributed by atoms with E-state index < -0.39 is 53.1 Å². The lowest BCUT2D eigenvalue weighted by molar-refractivity contribution is -0.346. The molecule has 3 aromatic rings. The monoisotopic (exact) mass is 665 g/mol. The van der Waals surface area contributed by atoms with E-state index in [-0.39, 0.29) is 49.4 Å². The SMILES string of the molecule is CN1CC(C(=O)NC2(C)CO[C@@]3(O)[C@@H]4CCCN4C(=O)C(Cc4ccccc4)N3C2=O)C[C@@H]2c3cccc4[nH]c(C(F)(F)F)c(c34)CC21. The highest BCUT2D eigenvalue weighted by Gasteiger charge is 2.65. The molecule has 1 aliphatic carbocycles. The fourth-order valence-electron chi connectivity index (χ4n) is 9.08. The van der Waals surface area contributed by atoms with Crippen LogP contribution in [-0.2, 0) is 38.1 Å². The van der Waals surface area contributed by atoms with E-state index >= 15 is 0 Å². The van der Waals surface area contributed by atoms with E-state index in [9.17, 15) is 32.7 Å². The number of nitrogens with one attached hydrogen (secondary N) is 2. The molecule has 4 fully saturated rings. The summed E-state index contributed by atoms with van der Waals surface area (Å²) in [5, 5.41) is 15.5. The fourth-order valence-corrected chi connectivity index (χ4v) is 9.08. The molecule has 0 saturated carbocycles. The number of benzene rings is 2. The summed E-state index contributed by atoms with van der Waals surface area (Å²) in [6, 6.07) is 12.5. The van der Waals surface area contributed by atoms with Crippen molar-refractivity contribution in [3.05, 3.63) is 70.9 Å². The lowest BCUT2D eigenvalue weighted by Crippen LogP contribution is -2.82. The number of rotatable bonds is 4. The quantitative estimate of drug-likeness (QED) is 0.395. The average Bonchev–Trinajstić information content (AvgIpc) is 3.70. The number of likely N-dealkylation sites (tertiary alicyclic amines) is 1. The summed E-state index contributed by atoms with van der Waals surface area (Å²) < 4.78 is 48.1. The second-order valence-electron chi connectivity index (χ2n) is 14.3. The molecule has 0 bridgehead atoms.